The summed E-state index contributed by atoms with van der Waals surface area (Å²) in [4.78, 5) is 27.8. The summed E-state index contributed by atoms with van der Waals surface area (Å²) in [6, 6.07) is 13.5. The van der Waals surface area contributed by atoms with Gasteiger partial charge < -0.3 is 23.9 Å². The van der Waals surface area contributed by atoms with Gasteiger partial charge in [-0.15, -0.1) is 0 Å². The monoisotopic (exact) mass is 419 g/mol. The number of para-hydroxylation sites is 1. The van der Waals surface area contributed by atoms with E-state index >= 15 is 0 Å². The first-order chi connectivity index (χ1) is 15.1. The molecular formula is C24H21NO6. The number of carbonyl (C=O) groups excluding carboxylic acids is 2. The Bertz CT molecular complexity index is 1190. The first kappa shape index (κ1) is 19.2. The number of amides is 1. The van der Waals surface area contributed by atoms with E-state index in [1.165, 1.54) is 4.90 Å². The van der Waals surface area contributed by atoms with Gasteiger partial charge in [-0.1, -0.05) is 31.2 Å². The molecule has 0 bridgehead atoms. The van der Waals surface area contributed by atoms with Crippen LogP contribution in [0.4, 0.5) is 0 Å². The van der Waals surface area contributed by atoms with E-state index in [2.05, 4.69) is 0 Å². The maximum absolute atomic E-state index is 13.4. The third-order valence-corrected chi connectivity index (χ3v) is 5.54. The summed E-state index contributed by atoms with van der Waals surface area (Å²) in [5.74, 6) is -0.383. The maximum atomic E-state index is 13.4. The van der Waals surface area contributed by atoms with Gasteiger partial charge in [-0.25, -0.2) is 0 Å². The highest BCUT2D eigenvalue weighted by Crippen LogP contribution is 2.42. The Morgan fingerprint density at radius 2 is 1.87 bits per heavy atom. The van der Waals surface area contributed by atoms with Gasteiger partial charge >= 0.3 is 0 Å². The van der Waals surface area contributed by atoms with Gasteiger partial charge in [0, 0.05) is 11.9 Å². The summed E-state index contributed by atoms with van der Waals surface area (Å²) < 4.78 is 17.0. The SMILES string of the molecule is CCCN1C(=O)C(O)=C(C(=O)c2cc3ccccc3o2)C1c1ccc2c(c1)OCCO2. The molecule has 0 radical (unpaired) electrons. The number of ether oxygens (including phenoxy) is 2. The lowest BCUT2D eigenvalue weighted by atomic mass is 9.94. The summed E-state index contributed by atoms with van der Waals surface area (Å²) in [5.41, 5.74) is 1.24. The van der Waals surface area contributed by atoms with E-state index in [0.29, 0.717) is 48.8 Å². The van der Waals surface area contributed by atoms with Crippen molar-refractivity contribution in [1.82, 2.24) is 4.90 Å². The van der Waals surface area contributed by atoms with Crippen LogP contribution in [0.25, 0.3) is 11.0 Å². The van der Waals surface area contributed by atoms with Gasteiger partial charge in [0.25, 0.3) is 5.91 Å². The summed E-state index contributed by atoms with van der Waals surface area (Å²) in [7, 11) is 0. The molecule has 0 fully saturated rings. The molecule has 1 atom stereocenters. The van der Waals surface area contributed by atoms with E-state index in [1.54, 1.807) is 30.3 Å². The molecule has 2 aromatic carbocycles. The lowest BCUT2D eigenvalue weighted by Gasteiger charge is -2.27. The van der Waals surface area contributed by atoms with Crippen molar-refractivity contribution in [1.29, 1.82) is 0 Å². The summed E-state index contributed by atoms with van der Waals surface area (Å²) in [6.45, 7) is 3.21. The van der Waals surface area contributed by atoms with Crippen LogP contribution >= 0.6 is 0 Å². The molecule has 2 aliphatic rings. The van der Waals surface area contributed by atoms with E-state index < -0.39 is 23.5 Å². The number of nitrogens with zero attached hydrogens (tertiary/aromatic N) is 1. The fourth-order valence-corrected chi connectivity index (χ4v) is 4.16. The molecule has 0 saturated carbocycles. The summed E-state index contributed by atoms with van der Waals surface area (Å²) >= 11 is 0. The van der Waals surface area contributed by atoms with Gasteiger partial charge in [0.05, 0.1) is 11.6 Å². The van der Waals surface area contributed by atoms with Crippen molar-refractivity contribution < 1.29 is 28.6 Å². The maximum Gasteiger partial charge on any atom is 0.290 e. The molecule has 2 aliphatic heterocycles. The standard InChI is InChI=1S/C24H21NO6/c1-2-9-25-21(15-7-8-17-18(13-15)30-11-10-29-17)20(23(27)24(25)28)22(26)19-12-14-5-3-4-6-16(14)31-19/h3-8,12-13,21,27H,2,9-11H2,1H3. The number of ketones is 1. The van der Waals surface area contributed by atoms with Crippen LogP contribution in [0.3, 0.4) is 0 Å². The van der Waals surface area contributed by atoms with Gasteiger partial charge in [-0.2, -0.15) is 0 Å². The minimum Gasteiger partial charge on any atom is -0.503 e. The molecule has 3 heterocycles. The molecule has 7 nitrogen and oxygen atoms in total. The number of furan rings is 1. The van der Waals surface area contributed by atoms with Crippen molar-refractivity contribution in [3.05, 3.63) is 71.2 Å². The van der Waals surface area contributed by atoms with Crippen LogP contribution < -0.4 is 9.47 Å². The third kappa shape index (κ3) is 3.13. The van der Waals surface area contributed by atoms with Crippen molar-refractivity contribution in [2.75, 3.05) is 19.8 Å². The smallest absolute Gasteiger partial charge is 0.290 e. The predicted molar refractivity (Wildman–Crippen MR) is 112 cm³/mol. The average molecular weight is 419 g/mol. The molecule has 7 heteroatoms. The van der Waals surface area contributed by atoms with E-state index in [1.807, 2.05) is 25.1 Å². The zero-order valence-corrected chi connectivity index (χ0v) is 17.0. The molecule has 5 rings (SSSR count). The van der Waals surface area contributed by atoms with E-state index in [-0.39, 0.29) is 11.3 Å². The number of rotatable bonds is 5. The molecule has 31 heavy (non-hydrogen) atoms. The van der Waals surface area contributed by atoms with Crippen LogP contribution in [-0.4, -0.2) is 41.5 Å². The van der Waals surface area contributed by atoms with Crippen LogP contribution in [0.1, 0.15) is 35.5 Å². The van der Waals surface area contributed by atoms with Crippen molar-refractivity contribution >= 4 is 22.7 Å². The number of aliphatic hydroxyl groups is 1. The molecule has 1 aromatic heterocycles. The zero-order valence-electron chi connectivity index (χ0n) is 17.0. The minimum atomic E-state index is -0.746. The lowest BCUT2D eigenvalue weighted by molar-refractivity contribution is -0.129. The van der Waals surface area contributed by atoms with E-state index in [0.717, 1.165) is 5.39 Å². The number of hydrogen-bond donors (Lipinski definition) is 1. The van der Waals surface area contributed by atoms with Gasteiger partial charge in [-0.05, 0) is 36.2 Å². The second-order valence-electron chi connectivity index (χ2n) is 7.54. The van der Waals surface area contributed by atoms with Crippen molar-refractivity contribution in [2.45, 2.75) is 19.4 Å². The van der Waals surface area contributed by atoms with Crippen LogP contribution in [0, 0.1) is 0 Å². The molecule has 3 aromatic rings. The van der Waals surface area contributed by atoms with E-state index in [4.69, 9.17) is 13.9 Å². The Kier molecular flexibility index (Phi) is 4.66. The van der Waals surface area contributed by atoms with Gasteiger partial charge in [0.2, 0.25) is 5.78 Å². The molecule has 158 valence electrons. The second-order valence-corrected chi connectivity index (χ2v) is 7.54. The number of carbonyl (C=O) groups is 2. The summed E-state index contributed by atoms with van der Waals surface area (Å²) in [6.07, 6.45) is 0.673. The number of hydrogen-bond acceptors (Lipinski definition) is 6. The van der Waals surface area contributed by atoms with Crippen molar-refractivity contribution in [3.8, 4) is 11.5 Å². The highest BCUT2D eigenvalue weighted by atomic mass is 16.6. The molecule has 1 N–H and O–H groups in total. The molecule has 0 aliphatic carbocycles. The van der Waals surface area contributed by atoms with Crippen molar-refractivity contribution in [3.63, 3.8) is 0 Å². The van der Waals surface area contributed by atoms with Crippen LogP contribution in [0.2, 0.25) is 0 Å². The topological polar surface area (TPSA) is 89.2 Å². The summed E-state index contributed by atoms with van der Waals surface area (Å²) in [5, 5.41) is 11.5. The quantitative estimate of drug-likeness (QED) is 0.624. The molecule has 0 spiro atoms. The van der Waals surface area contributed by atoms with Crippen LogP contribution in [0.15, 0.2) is 64.3 Å². The lowest BCUT2D eigenvalue weighted by Crippen LogP contribution is -2.32. The number of aliphatic hydroxyl groups excluding tert-OH is 1. The van der Waals surface area contributed by atoms with Gasteiger partial charge in [0.15, 0.2) is 23.0 Å². The van der Waals surface area contributed by atoms with Gasteiger partial charge in [-0.3, -0.25) is 9.59 Å². The molecule has 1 amide bonds. The largest absolute Gasteiger partial charge is 0.503 e. The van der Waals surface area contributed by atoms with Crippen molar-refractivity contribution in [2.24, 2.45) is 0 Å². The fraction of sp³-hybridized carbons (Fsp3) is 0.250. The highest BCUT2D eigenvalue weighted by molar-refractivity contribution is 6.16. The number of benzene rings is 2. The third-order valence-electron chi connectivity index (χ3n) is 5.54. The number of Topliss-reactive ketones (excluding diaryl/α,β-unsaturated/α-hetero) is 1. The molecule has 0 saturated heterocycles. The minimum absolute atomic E-state index is 0.00850. The van der Waals surface area contributed by atoms with Crippen LogP contribution in [-0.2, 0) is 4.79 Å². The molecule has 1 unspecified atom stereocenters. The average Bonchev–Trinajstić information content (AvgIpc) is 3.33. The first-order valence-electron chi connectivity index (χ1n) is 10.3. The fourth-order valence-electron chi connectivity index (χ4n) is 4.16. The zero-order chi connectivity index (χ0) is 21.5. The Morgan fingerprint density at radius 1 is 1.10 bits per heavy atom. The highest BCUT2D eigenvalue weighted by Gasteiger charge is 2.44. The van der Waals surface area contributed by atoms with E-state index in [9.17, 15) is 14.7 Å². The Labute approximate surface area is 178 Å². The second kappa shape index (κ2) is 7.50. The Hall–Kier alpha value is -3.74. The Morgan fingerprint density at radius 3 is 2.65 bits per heavy atom. The number of fused-ring (bicyclic) bond motifs is 2. The normalized spacial score (nSPS) is 18.2. The Balaban J connectivity index is 1.60. The first-order valence-corrected chi connectivity index (χ1v) is 10.3. The van der Waals surface area contributed by atoms with Gasteiger partial charge in [0.1, 0.15) is 18.8 Å². The predicted octanol–water partition coefficient (Wildman–Crippen LogP) is 4.19. The van der Waals surface area contributed by atoms with Crippen LogP contribution in [0.5, 0.6) is 11.5 Å². The molecular weight excluding hydrogens is 398 g/mol.